The van der Waals surface area contributed by atoms with Crippen LogP contribution in [0.15, 0.2) is 41.8 Å². The van der Waals surface area contributed by atoms with E-state index in [2.05, 4.69) is 15.5 Å². The number of benzene rings is 1. The number of carbonyl (C=O) groups excluding carboxylic acids is 1. The molecule has 0 spiro atoms. The number of hydrogen-bond acceptors (Lipinski definition) is 5. The highest BCUT2D eigenvalue weighted by Crippen LogP contribution is 2.23. The number of aromatic amines is 1. The number of likely N-dealkylation sites (N-methyl/N-ethyl adjacent to an activating group) is 1. The Morgan fingerprint density at radius 3 is 2.89 bits per heavy atom. The molecule has 148 valence electrons. The summed E-state index contributed by atoms with van der Waals surface area (Å²) in [6.07, 6.45) is 0.273. The topological polar surface area (TPSA) is 66.0 Å². The standard InChI is InChI=1S/C19H22FN5OS2/c1-24(2)15(13-5-3-6-14(20)11-13)12-21-17(26)8-9-25-18(22-23-19(25)27)16-7-4-10-28-16/h3-7,10-11,15H,8-9,12H2,1-2H3,(H,21,26)(H,23,27)/t15-/m1/s1. The minimum Gasteiger partial charge on any atom is -0.354 e. The third kappa shape index (κ3) is 4.92. The van der Waals surface area contributed by atoms with Crippen molar-refractivity contribution in [2.24, 2.45) is 0 Å². The lowest BCUT2D eigenvalue weighted by Crippen LogP contribution is -2.35. The van der Waals surface area contributed by atoms with Crippen molar-refractivity contribution in [2.75, 3.05) is 20.6 Å². The molecule has 0 radical (unpaired) electrons. The highest BCUT2D eigenvalue weighted by atomic mass is 32.1. The lowest BCUT2D eigenvalue weighted by molar-refractivity contribution is -0.121. The van der Waals surface area contributed by atoms with Crippen LogP contribution in [0.2, 0.25) is 0 Å². The number of hydrogen-bond donors (Lipinski definition) is 2. The number of nitrogens with one attached hydrogen (secondary N) is 2. The van der Waals surface area contributed by atoms with Crippen LogP contribution < -0.4 is 5.32 Å². The van der Waals surface area contributed by atoms with E-state index in [0.717, 1.165) is 16.3 Å². The molecule has 1 atom stereocenters. The molecule has 2 aromatic heterocycles. The SMILES string of the molecule is CN(C)[C@H](CNC(=O)CCn1c(-c2cccs2)n[nH]c1=S)c1cccc(F)c1. The van der Waals surface area contributed by atoms with E-state index in [9.17, 15) is 9.18 Å². The fraction of sp³-hybridized carbons (Fsp3) is 0.316. The molecule has 28 heavy (non-hydrogen) atoms. The smallest absolute Gasteiger partial charge is 0.221 e. The fourth-order valence-electron chi connectivity index (χ4n) is 2.94. The van der Waals surface area contributed by atoms with Gasteiger partial charge in [0.25, 0.3) is 0 Å². The Kier molecular flexibility index (Phi) is 6.71. The van der Waals surface area contributed by atoms with E-state index in [0.29, 0.717) is 17.9 Å². The van der Waals surface area contributed by atoms with Gasteiger partial charge in [-0.1, -0.05) is 18.2 Å². The van der Waals surface area contributed by atoms with Crippen molar-refractivity contribution in [1.82, 2.24) is 25.0 Å². The Morgan fingerprint density at radius 1 is 1.39 bits per heavy atom. The minimum atomic E-state index is -0.286. The first-order valence-corrected chi connectivity index (χ1v) is 10.1. The molecule has 6 nitrogen and oxygen atoms in total. The van der Waals surface area contributed by atoms with E-state index in [1.54, 1.807) is 17.4 Å². The largest absolute Gasteiger partial charge is 0.354 e. The van der Waals surface area contributed by atoms with Crippen LogP contribution in [0.5, 0.6) is 0 Å². The van der Waals surface area contributed by atoms with E-state index in [1.165, 1.54) is 12.1 Å². The maximum atomic E-state index is 13.5. The molecule has 2 heterocycles. The molecule has 1 amide bonds. The average Bonchev–Trinajstić information content (AvgIpc) is 3.29. The quantitative estimate of drug-likeness (QED) is 0.548. The molecule has 0 bridgehead atoms. The van der Waals surface area contributed by atoms with Crippen LogP contribution in [0.4, 0.5) is 4.39 Å². The van der Waals surface area contributed by atoms with Gasteiger partial charge in [-0.05, 0) is 55.5 Å². The van der Waals surface area contributed by atoms with Crippen LogP contribution in [-0.2, 0) is 11.3 Å². The van der Waals surface area contributed by atoms with Crippen LogP contribution in [0.1, 0.15) is 18.0 Å². The van der Waals surface area contributed by atoms with Gasteiger partial charge in [0.2, 0.25) is 5.91 Å². The van der Waals surface area contributed by atoms with Gasteiger partial charge in [0.05, 0.1) is 10.9 Å². The van der Waals surface area contributed by atoms with Gasteiger partial charge in [-0.2, -0.15) is 5.10 Å². The van der Waals surface area contributed by atoms with Gasteiger partial charge >= 0.3 is 0 Å². The van der Waals surface area contributed by atoms with Crippen LogP contribution in [0.3, 0.4) is 0 Å². The normalized spacial score (nSPS) is 12.3. The molecule has 0 aliphatic heterocycles. The Labute approximate surface area is 172 Å². The van der Waals surface area contributed by atoms with E-state index in [1.807, 2.05) is 47.1 Å². The highest BCUT2D eigenvalue weighted by molar-refractivity contribution is 7.71. The van der Waals surface area contributed by atoms with Crippen molar-refractivity contribution in [3.63, 3.8) is 0 Å². The Bertz CT molecular complexity index is 980. The van der Waals surface area contributed by atoms with Crippen molar-refractivity contribution in [2.45, 2.75) is 19.0 Å². The molecule has 0 aliphatic rings. The van der Waals surface area contributed by atoms with E-state index in [-0.39, 0.29) is 24.2 Å². The zero-order chi connectivity index (χ0) is 20.1. The summed E-state index contributed by atoms with van der Waals surface area (Å²) >= 11 is 6.86. The molecule has 3 aromatic rings. The second-order valence-corrected chi connectivity index (χ2v) is 7.90. The number of H-pyrrole nitrogens is 1. The molecule has 0 saturated heterocycles. The summed E-state index contributed by atoms with van der Waals surface area (Å²) in [7, 11) is 3.81. The molecule has 0 aliphatic carbocycles. The summed E-state index contributed by atoms with van der Waals surface area (Å²) in [4.78, 5) is 15.3. The van der Waals surface area contributed by atoms with Crippen LogP contribution in [0, 0.1) is 10.6 Å². The van der Waals surface area contributed by atoms with E-state index in [4.69, 9.17) is 12.2 Å². The van der Waals surface area contributed by atoms with Crippen molar-refractivity contribution in [1.29, 1.82) is 0 Å². The molecule has 0 saturated carbocycles. The second-order valence-electron chi connectivity index (χ2n) is 6.57. The van der Waals surface area contributed by atoms with Gasteiger partial charge in [0, 0.05) is 19.5 Å². The zero-order valence-corrected chi connectivity index (χ0v) is 17.3. The average molecular weight is 420 g/mol. The summed E-state index contributed by atoms with van der Waals surface area (Å²) in [6.45, 7) is 0.824. The molecule has 0 unspecified atom stereocenters. The lowest BCUT2D eigenvalue weighted by Gasteiger charge is -2.25. The van der Waals surface area contributed by atoms with Gasteiger partial charge in [-0.3, -0.25) is 14.5 Å². The fourth-order valence-corrected chi connectivity index (χ4v) is 3.89. The molecule has 9 heteroatoms. The summed E-state index contributed by atoms with van der Waals surface area (Å²) in [6, 6.07) is 10.2. The van der Waals surface area contributed by atoms with Gasteiger partial charge in [-0.15, -0.1) is 11.3 Å². The maximum absolute atomic E-state index is 13.5. The van der Waals surface area contributed by atoms with Gasteiger partial charge in [0.15, 0.2) is 10.6 Å². The molecular formula is C19H22FN5OS2. The summed E-state index contributed by atoms with van der Waals surface area (Å²) < 4.78 is 15.9. The van der Waals surface area contributed by atoms with Crippen LogP contribution >= 0.6 is 23.6 Å². The van der Waals surface area contributed by atoms with E-state index < -0.39 is 0 Å². The Hall–Kier alpha value is -2.36. The van der Waals surface area contributed by atoms with Gasteiger partial charge in [-0.25, -0.2) is 4.39 Å². The van der Waals surface area contributed by atoms with E-state index >= 15 is 0 Å². The molecule has 1 aromatic carbocycles. The molecule has 3 rings (SSSR count). The first-order valence-electron chi connectivity index (χ1n) is 8.83. The number of thiophene rings is 1. The van der Waals surface area contributed by atoms with Crippen LogP contribution in [0.25, 0.3) is 10.7 Å². The number of rotatable bonds is 8. The number of aromatic nitrogens is 3. The third-order valence-electron chi connectivity index (χ3n) is 4.41. The number of carbonyl (C=O) groups is 1. The predicted molar refractivity (Wildman–Crippen MR) is 111 cm³/mol. The lowest BCUT2D eigenvalue weighted by atomic mass is 10.1. The molecular weight excluding hydrogens is 397 g/mol. The maximum Gasteiger partial charge on any atom is 0.221 e. The second kappa shape index (κ2) is 9.22. The van der Waals surface area contributed by atoms with Crippen molar-refractivity contribution >= 4 is 29.5 Å². The van der Waals surface area contributed by atoms with Crippen molar-refractivity contribution in [3.05, 3.63) is 57.9 Å². The van der Waals surface area contributed by atoms with Gasteiger partial charge < -0.3 is 10.2 Å². The minimum absolute atomic E-state index is 0.0940. The number of amides is 1. The number of halogens is 1. The first-order chi connectivity index (χ1) is 13.5. The Morgan fingerprint density at radius 2 is 2.21 bits per heavy atom. The summed E-state index contributed by atoms with van der Waals surface area (Å²) in [5.74, 6) is 0.355. The zero-order valence-electron chi connectivity index (χ0n) is 15.7. The van der Waals surface area contributed by atoms with Crippen LogP contribution in [-0.4, -0.2) is 46.2 Å². The first kappa shape index (κ1) is 20.4. The summed E-state index contributed by atoms with van der Waals surface area (Å²) in [5, 5.41) is 12.0. The van der Waals surface area contributed by atoms with Crippen molar-refractivity contribution < 1.29 is 9.18 Å². The Balaban J connectivity index is 1.60. The molecule has 2 N–H and O–H groups in total. The molecule has 0 fully saturated rings. The van der Waals surface area contributed by atoms with Gasteiger partial charge in [0.1, 0.15) is 5.82 Å². The predicted octanol–water partition coefficient (Wildman–Crippen LogP) is 3.62. The monoisotopic (exact) mass is 419 g/mol. The van der Waals surface area contributed by atoms with Crippen molar-refractivity contribution in [3.8, 4) is 10.7 Å². The summed E-state index contributed by atoms with van der Waals surface area (Å²) in [5.41, 5.74) is 0.822. The highest BCUT2D eigenvalue weighted by Gasteiger charge is 2.16. The third-order valence-corrected chi connectivity index (χ3v) is 5.59. The number of nitrogens with zero attached hydrogens (tertiary/aromatic N) is 3.